The first-order chi connectivity index (χ1) is 9.96. The van der Waals surface area contributed by atoms with Crippen molar-refractivity contribution < 1.29 is 14.6 Å². The Balaban J connectivity index is 2.13. The molecule has 1 N–H and O–H groups in total. The van der Waals surface area contributed by atoms with Crippen molar-refractivity contribution >= 4 is 0 Å². The van der Waals surface area contributed by atoms with Crippen molar-refractivity contribution in [2.24, 2.45) is 5.92 Å². The van der Waals surface area contributed by atoms with Gasteiger partial charge in [0.25, 0.3) is 0 Å². The third kappa shape index (κ3) is 3.41. The molecule has 1 aliphatic heterocycles. The monoisotopic (exact) mass is 294 g/mol. The second-order valence-electron chi connectivity index (χ2n) is 6.05. The number of rotatable bonds is 5. The second-order valence-corrected chi connectivity index (χ2v) is 6.05. The first-order valence-corrected chi connectivity index (χ1v) is 7.29. The van der Waals surface area contributed by atoms with Crippen LogP contribution in [0.3, 0.4) is 0 Å². The number of hydrogen-bond donors (Lipinski definition) is 1. The summed E-state index contributed by atoms with van der Waals surface area (Å²) in [6, 6.07) is 4.35. The van der Waals surface area contributed by atoms with Gasteiger partial charge in [0.05, 0.1) is 14.2 Å². The molecule has 2 rings (SSSR count). The van der Waals surface area contributed by atoms with E-state index < -0.39 is 0 Å². The number of likely N-dealkylation sites (N-methyl/N-ethyl adjacent to an activating group) is 1. The minimum Gasteiger partial charge on any atom is -0.502 e. The van der Waals surface area contributed by atoms with Gasteiger partial charge < -0.3 is 19.5 Å². The summed E-state index contributed by atoms with van der Waals surface area (Å²) in [5, 5.41) is 9.96. The van der Waals surface area contributed by atoms with Gasteiger partial charge in [0.15, 0.2) is 11.5 Å². The molecule has 0 aliphatic carbocycles. The summed E-state index contributed by atoms with van der Waals surface area (Å²) in [6.07, 6.45) is 0. The van der Waals surface area contributed by atoms with E-state index in [0.717, 1.165) is 25.2 Å². The van der Waals surface area contributed by atoms with Crippen molar-refractivity contribution in [1.82, 2.24) is 9.80 Å². The van der Waals surface area contributed by atoms with E-state index in [-0.39, 0.29) is 5.75 Å². The van der Waals surface area contributed by atoms with E-state index in [1.54, 1.807) is 14.2 Å². The molecule has 1 fully saturated rings. The molecule has 0 bridgehead atoms. The third-order valence-corrected chi connectivity index (χ3v) is 4.26. The molecule has 5 heteroatoms. The Kier molecular flexibility index (Phi) is 4.96. The number of likely N-dealkylation sites (tertiary alicyclic amines) is 1. The maximum absolute atomic E-state index is 9.96. The van der Waals surface area contributed by atoms with Crippen LogP contribution in [-0.2, 0) is 6.54 Å². The average molecular weight is 294 g/mol. The number of phenols is 1. The minimum atomic E-state index is 0.0599. The highest BCUT2D eigenvalue weighted by molar-refractivity contribution is 5.52. The van der Waals surface area contributed by atoms with Crippen molar-refractivity contribution in [3.63, 3.8) is 0 Å². The normalized spacial score (nSPS) is 22.8. The van der Waals surface area contributed by atoms with Gasteiger partial charge in [0.1, 0.15) is 0 Å². The molecule has 118 valence electrons. The maximum Gasteiger partial charge on any atom is 0.200 e. The summed E-state index contributed by atoms with van der Waals surface area (Å²) in [6.45, 7) is 5.26. The molecule has 2 unspecified atom stereocenters. The summed E-state index contributed by atoms with van der Waals surface area (Å²) in [5.41, 5.74) is 1.09. The average Bonchev–Trinajstić information content (AvgIpc) is 2.81. The lowest BCUT2D eigenvalue weighted by atomic mass is 10.1. The van der Waals surface area contributed by atoms with Crippen LogP contribution in [0.1, 0.15) is 12.5 Å². The zero-order valence-corrected chi connectivity index (χ0v) is 13.6. The highest BCUT2D eigenvalue weighted by atomic mass is 16.5. The predicted molar refractivity (Wildman–Crippen MR) is 83.1 cm³/mol. The molecule has 1 aliphatic rings. The minimum absolute atomic E-state index is 0.0599. The lowest BCUT2D eigenvalue weighted by Gasteiger charge is -2.22. The Morgan fingerprint density at radius 3 is 2.19 bits per heavy atom. The molecular formula is C16H26N2O3. The van der Waals surface area contributed by atoms with Crippen molar-refractivity contribution in [2.45, 2.75) is 19.5 Å². The Hall–Kier alpha value is -1.46. The summed E-state index contributed by atoms with van der Waals surface area (Å²) in [7, 11) is 7.38. The van der Waals surface area contributed by atoms with E-state index in [2.05, 4.69) is 30.8 Å². The van der Waals surface area contributed by atoms with E-state index in [1.165, 1.54) is 0 Å². The molecule has 0 aromatic heterocycles. The molecule has 0 spiro atoms. The van der Waals surface area contributed by atoms with Crippen molar-refractivity contribution in [3.8, 4) is 17.2 Å². The number of nitrogens with zero attached hydrogens (tertiary/aromatic N) is 2. The Labute approximate surface area is 127 Å². The topological polar surface area (TPSA) is 45.2 Å². The third-order valence-electron chi connectivity index (χ3n) is 4.26. The summed E-state index contributed by atoms with van der Waals surface area (Å²) in [4.78, 5) is 4.73. The van der Waals surface area contributed by atoms with Crippen LogP contribution in [0.2, 0.25) is 0 Å². The van der Waals surface area contributed by atoms with Crippen LogP contribution in [0.5, 0.6) is 17.2 Å². The molecule has 0 saturated carbocycles. The molecule has 2 atom stereocenters. The zero-order chi connectivity index (χ0) is 15.6. The molecule has 5 nitrogen and oxygen atoms in total. The van der Waals surface area contributed by atoms with E-state index in [9.17, 15) is 5.11 Å². The first kappa shape index (κ1) is 15.9. The molecule has 0 radical (unpaired) electrons. The van der Waals surface area contributed by atoms with Crippen LogP contribution in [0.4, 0.5) is 0 Å². The van der Waals surface area contributed by atoms with Gasteiger partial charge in [-0.25, -0.2) is 0 Å². The number of aromatic hydroxyl groups is 1. The molecular weight excluding hydrogens is 268 g/mol. The highest BCUT2D eigenvalue weighted by Gasteiger charge is 2.31. The standard InChI is InChI=1S/C16H26N2O3/c1-11-8-18(10-13(11)17(2)3)9-12-6-14(20-4)16(19)15(7-12)21-5/h6-7,11,13,19H,8-10H2,1-5H3. The second kappa shape index (κ2) is 6.54. The molecule has 1 saturated heterocycles. The summed E-state index contributed by atoms with van der Waals surface area (Å²) < 4.78 is 10.4. The fourth-order valence-electron chi connectivity index (χ4n) is 3.15. The quantitative estimate of drug-likeness (QED) is 0.897. The van der Waals surface area contributed by atoms with Gasteiger partial charge in [-0.2, -0.15) is 0 Å². The number of hydrogen-bond acceptors (Lipinski definition) is 5. The Morgan fingerprint density at radius 2 is 1.76 bits per heavy atom. The highest BCUT2D eigenvalue weighted by Crippen LogP contribution is 2.37. The number of ether oxygens (including phenoxy) is 2. The number of phenolic OH excluding ortho intramolecular Hbond substituents is 1. The zero-order valence-electron chi connectivity index (χ0n) is 13.6. The number of benzene rings is 1. The first-order valence-electron chi connectivity index (χ1n) is 7.29. The van der Waals surface area contributed by atoms with E-state index in [0.29, 0.717) is 23.5 Å². The van der Waals surface area contributed by atoms with Crippen LogP contribution >= 0.6 is 0 Å². The van der Waals surface area contributed by atoms with Gasteiger partial charge in [-0.15, -0.1) is 0 Å². The van der Waals surface area contributed by atoms with Gasteiger partial charge in [-0.1, -0.05) is 6.92 Å². The van der Waals surface area contributed by atoms with Crippen LogP contribution in [0.25, 0.3) is 0 Å². The molecule has 1 heterocycles. The lowest BCUT2D eigenvalue weighted by molar-refractivity contribution is 0.250. The molecule has 1 aromatic rings. The van der Waals surface area contributed by atoms with E-state index in [4.69, 9.17) is 9.47 Å². The van der Waals surface area contributed by atoms with Crippen LogP contribution in [0.15, 0.2) is 12.1 Å². The predicted octanol–water partition coefficient (Wildman–Crippen LogP) is 1.79. The van der Waals surface area contributed by atoms with Crippen LogP contribution < -0.4 is 9.47 Å². The van der Waals surface area contributed by atoms with Crippen molar-refractivity contribution in [2.75, 3.05) is 41.4 Å². The van der Waals surface area contributed by atoms with Gasteiger partial charge >= 0.3 is 0 Å². The summed E-state index contributed by atoms with van der Waals surface area (Å²) in [5.74, 6) is 1.63. The van der Waals surface area contributed by atoms with Gasteiger partial charge in [0, 0.05) is 25.7 Å². The van der Waals surface area contributed by atoms with E-state index >= 15 is 0 Å². The van der Waals surface area contributed by atoms with Gasteiger partial charge in [-0.3, -0.25) is 4.90 Å². The van der Waals surface area contributed by atoms with Crippen molar-refractivity contribution in [1.29, 1.82) is 0 Å². The lowest BCUT2D eigenvalue weighted by Crippen LogP contribution is -2.34. The largest absolute Gasteiger partial charge is 0.502 e. The van der Waals surface area contributed by atoms with Gasteiger partial charge in [0.2, 0.25) is 5.75 Å². The maximum atomic E-state index is 9.96. The SMILES string of the molecule is COc1cc(CN2CC(C)C(N(C)C)C2)cc(OC)c1O. The fraction of sp³-hybridized carbons (Fsp3) is 0.625. The molecule has 21 heavy (non-hydrogen) atoms. The Morgan fingerprint density at radius 1 is 1.19 bits per heavy atom. The smallest absolute Gasteiger partial charge is 0.200 e. The summed E-state index contributed by atoms with van der Waals surface area (Å²) >= 11 is 0. The van der Waals surface area contributed by atoms with Crippen molar-refractivity contribution in [3.05, 3.63) is 17.7 Å². The fourth-order valence-corrected chi connectivity index (χ4v) is 3.15. The van der Waals surface area contributed by atoms with Crippen LogP contribution in [-0.4, -0.2) is 62.4 Å². The van der Waals surface area contributed by atoms with E-state index in [1.807, 2.05) is 12.1 Å². The Bertz CT molecular complexity index is 465. The van der Waals surface area contributed by atoms with Crippen LogP contribution in [0, 0.1) is 5.92 Å². The molecule has 1 aromatic carbocycles. The molecule has 0 amide bonds. The number of methoxy groups -OCH3 is 2. The van der Waals surface area contributed by atoms with Gasteiger partial charge in [-0.05, 0) is 37.7 Å².